The van der Waals surface area contributed by atoms with Crippen LogP contribution in [0.2, 0.25) is 0 Å². The zero-order valence-corrected chi connectivity index (χ0v) is 16.4. The van der Waals surface area contributed by atoms with E-state index in [2.05, 4.69) is 40.7 Å². The van der Waals surface area contributed by atoms with Crippen molar-refractivity contribution in [3.63, 3.8) is 0 Å². The first-order chi connectivity index (χ1) is 13.2. The zero-order valence-electron chi connectivity index (χ0n) is 15.6. The normalized spacial score (nSPS) is 15.3. The van der Waals surface area contributed by atoms with Crippen molar-refractivity contribution in [3.05, 3.63) is 65.0 Å². The van der Waals surface area contributed by atoms with Crippen LogP contribution in [0.1, 0.15) is 34.8 Å². The average Bonchev–Trinajstić information content (AvgIpc) is 3.29. The number of aromatic nitrogens is 3. The molecule has 0 aliphatic carbocycles. The molecule has 0 radical (unpaired) electrons. The lowest BCUT2D eigenvalue weighted by molar-refractivity contribution is 0.388. The van der Waals surface area contributed by atoms with E-state index in [-0.39, 0.29) is 5.37 Å². The molecule has 1 aliphatic rings. The van der Waals surface area contributed by atoms with E-state index in [1.165, 1.54) is 5.56 Å². The first-order valence-electron chi connectivity index (χ1n) is 8.89. The zero-order chi connectivity index (χ0) is 18.8. The quantitative estimate of drug-likeness (QED) is 0.700. The number of hydrogen-bond acceptors (Lipinski definition) is 6. The fraction of sp³-hybridized carbons (Fsp3) is 0.300. The minimum atomic E-state index is 0.0104. The highest BCUT2D eigenvalue weighted by Crippen LogP contribution is 2.44. The topological polar surface area (TPSA) is 61.2 Å². The molecule has 2 heterocycles. The largest absolute Gasteiger partial charge is 0.496 e. The molecule has 7 heteroatoms. The molecule has 140 valence electrons. The van der Waals surface area contributed by atoms with E-state index in [1.54, 1.807) is 26.0 Å². The monoisotopic (exact) mass is 382 g/mol. The maximum absolute atomic E-state index is 5.62. The maximum atomic E-state index is 5.62. The predicted octanol–water partition coefficient (Wildman–Crippen LogP) is 3.80. The summed E-state index contributed by atoms with van der Waals surface area (Å²) in [5.41, 5.74) is 6.96. The Morgan fingerprint density at radius 3 is 2.56 bits per heavy atom. The lowest BCUT2D eigenvalue weighted by Crippen LogP contribution is -2.16. The number of methoxy groups -OCH3 is 2. The summed E-state index contributed by atoms with van der Waals surface area (Å²) in [7, 11) is 3.37. The molecular weight excluding hydrogens is 360 g/mol. The van der Waals surface area contributed by atoms with Crippen LogP contribution in [0, 0.1) is 0 Å². The first-order valence-corrected chi connectivity index (χ1v) is 9.77. The van der Waals surface area contributed by atoms with Gasteiger partial charge in [0.15, 0.2) is 5.82 Å². The van der Waals surface area contributed by atoms with E-state index in [9.17, 15) is 0 Å². The molecular formula is C20H22N4O2S. The number of hydrogen-bond donors (Lipinski definition) is 1. The molecule has 0 saturated heterocycles. The van der Waals surface area contributed by atoms with Crippen LogP contribution in [0.3, 0.4) is 0 Å². The fourth-order valence-corrected chi connectivity index (χ4v) is 4.29. The number of nitrogens with zero attached hydrogens (tertiary/aromatic N) is 3. The fourth-order valence-electron chi connectivity index (χ4n) is 3.25. The van der Waals surface area contributed by atoms with Crippen molar-refractivity contribution in [3.8, 4) is 11.5 Å². The summed E-state index contributed by atoms with van der Waals surface area (Å²) in [6.45, 7) is 2.12. The van der Waals surface area contributed by atoms with Gasteiger partial charge in [0, 0.05) is 18.1 Å². The highest BCUT2D eigenvalue weighted by atomic mass is 32.2. The van der Waals surface area contributed by atoms with Gasteiger partial charge in [-0.1, -0.05) is 49.0 Å². The van der Waals surface area contributed by atoms with Gasteiger partial charge < -0.3 is 14.9 Å². The lowest BCUT2D eigenvalue weighted by atomic mass is 10.1. The highest BCUT2D eigenvalue weighted by Gasteiger charge is 2.30. The highest BCUT2D eigenvalue weighted by molar-refractivity contribution is 7.99. The van der Waals surface area contributed by atoms with E-state index in [0.717, 1.165) is 46.4 Å². The van der Waals surface area contributed by atoms with Crippen LogP contribution < -0.4 is 14.9 Å². The Morgan fingerprint density at radius 1 is 1.07 bits per heavy atom. The molecule has 0 amide bonds. The number of nitrogens with one attached hydrogen (secondary N) is 1. The van der Waals surface area contributed by atoms with Crippen LogP contribution in [0.5, 0.6) is 11.5 Å². The van der Waals surface area contributed by atoms with Gasteiger partial charge >= 0.3 is 0 Å². The summed E-state index contributed by atoms with van der Waals surface area (Å²) >= 11 is 1.64. The molecule has 3 aromatic rings. The van der Waals surface area contributed by atoms with Crippen molar-refractivity contribution in [2.24, 2.45) is 0 Å². The first kappa shape index (κ1) is 17.7. The van der Waals surface area contributed by atoms with Crippen molar-refractivity contribution in [1.29, 1.82) is 0 Å². The molecule has 27 heavy (non-hydrogen) atoms. The maximum Gasteiger partial charge on any atom is 0.212 e. The summed E-state index contributed by atoms with van der Waals surface area (Å²) in [6, 6.07) is 14.4. The molecule has 4 rings (SSSR count). The van der Waals surface area contributed by atoms with Crippen molar-refractivity contribution in [1.82, 2.24) is 14.9 Å². The molecule has 2 aromatic carbocycles. The summed E-state index contributed by atoms with van der Waals surface area (Å²) in [5.74, 6) is 2.55. The van der Waals surface area contributed by atoms with Gasteiger partial charge in [-0.2, -0.15) is 0 Å². The number of ether oxygens (including phenoxy) is 2. The second kappa shape index (κ2) is 7.52. The lowest BCUT2D eigenvalue weighted by Gasteiger charge is -2.18. The molecule has 1 aromatic heterocycles. The summed E-state index contributed by atoms with van der Waals surface area (Å²) in [6.07, 6.45) is 1.62. The molecule has 1 N–H and O–H groups in total. The van der Waals surface area contributed by atoms with Crippen LogP contribution in [0.15, 0.2) is 47.6 Å². The number of rotatable bonds is 6. The van der Waals surface area contributed by atoms with Gasteiger partial charge in [0.2, 0.25) is 5.16 Å². The van der Waals surface area contributed by atoms with Crippen LogP contribution >= 0.6 is 11.8 Å². The third kappa shape index (κ3) is 3.35. The Bertz CT molecular complexity index is 943. The van der Waals surface area contributed by atoms with Crippen LogP contribution in [0.4, 0.5) is 0 Å². The van der Waals surface area contributed by atoms with Crippen LogP contribution in [-0.2, 0) is 12.8 Å². The number of aryl methyl sites for hydroxylation is 1. The second-order valence-corrected chi connectivity index (χ2v) is 7.36. The van der Waals surface area contributed by atoms with Gasteiger partial charge in [-0.15, -0.1) is 10.2 Å². The van der Waals surface area contributed by atoms with Gasteiger partial charge in [0.05, 0.1) is 14.2 Å². The van der Waals surface area contributed by atoms with Crippen LogP contribution in [-0.4, -0.2) is 29.1 Å². The van der Waals surface area contributed by atoms with E-state index in [0.29, 0.717) is 0 Å². The Balaban J connectivity index is 1.62. The van der Waals surface area contributed by atoms with E-state index >= 15 is 0 Å². The Morgan fingerprint density at radius 2 is 1.85 bits per heavy atom. The van der Waals surface area contributed by atoms with E-state index < -0.39 is 0 Å². The van der Waals surface area contributed by atoms with Gasteiger partial charge in [-0.05, 0) is 23.6 Å². The molecule has 0 spiro atoms. The molecule has 1 aliphatic heterocycles. The molecule has 0 fully saturated rings. The Labute approximate surface area is 162 Å². The number of fused-ring (bicyclic) bond motifs is 1. The number of benzene rings is 2. The molecule has 0 bridgehead atoms. The van der Waals surface area contributed by atoms with Crippen molar-refractivity contribution < 1.29 is 9.47 Å². The van der Waals surface area contributed by atoms with Gasteiger partial charge in [-0.3, -0.25) is 0 Å². The van der Waals surface area contributed by atoms with Gasteiger partial charge in [0.25, 0.3) is 0 Å². The van der Waals surface area contributed by atoms with E-state index in [1.807, 2.05) is 28.9 Å². The standard InChI is InChI=1S/C20H22N4O2S/c1-4-14-11-15(17(26-3)12-16(14)25-2)19-23-24-18(21-22-20(24)27-19)10-13-8-6-5-7-9-13/h5-9,11-12,19,23H,4,10H2,1-3H3. The Kier molecular flexibility index (Phi) is 4.94. The van der Waals surface area contributed by atoms with Crippen LogP contribution in [0.25, 0.3) is 0 Å². The molecule has 6 nitrogen and oxygen atoms in total. The number of thioether (sulfide) groups is 1. The molecule has 1 unspecified atom stereocenters. The van der Waals surface area contributed by atoms with Gasteiger partial charge in [-0.25, -0.2) is 4.68 Å². The SMILES string of the molecule is CCc1cc(C2Nn3c(Cc4ccccc4)nnc3S2)c(OC)cc1OC. The van der Waals surface area contributed by atoms with Crippen molar-refractivity contribution in [2.45, 2.75) is 30.3 Å². The van der Waals surface area contributed by atoms with Crippen molar-refractivity contribution >= 4 is 11.8 Å². The van der Waals surface area contributed by atoms with E-state index in [4.69, 9.17) is 9.47 Å². The third-order valence-corrected chi connectivity index (χ3v) is 5.74. The summed E-state index contributed by atoms with van der Waals surface area (Å²) < 4.78 is 13.1. The second-order valence-electron chi connectivity index (χ2n) is 6.28. The third-order valence-electron chi connectivity index (χ3n) is 4.67. The Hall–Kier alpha value is -2.67. The molecule has 0 saturated carbocycles. The van der Waals surface area contributed by atoms with Gasteiger partial charge in [0.1, 0.15) is 16.9 Å². The summed E-state index contributed by atoms with van der Waals surface area (Å²) in [5, 5.41) is 9.56. The average molecular weight is 382 g/mol. The minimum absolute atomic E-state index is 0.0104. The van der Waals surface area contributed by atoms with Crippen molar-refractivity contribution in [2.75, 3.05) is 19.6 Å². The summed E-state index contributed by atoms with van der Waals surface area (Å²) in [4.78, 5) is 0. The smallest absolute Gasteiger partial charge is 0.212 e. The predicted molar refractivity (Wildman–Crippen MR) is 106 cm³/mol. The minimum Gasteiger partial charge on any atom is -0.496 e. The molecule has 1 atom stereocenters.